The van der Waals surface area contributed by atoms with Crippen molar-refractivity contribution in [3.05, 3.63) is 59.4 Å². The molecule has 0 heterocycles. The molecule has 0 spiro atoms. The molecule has 146 valence electrons. The second kappa shape index (κ2) is 10.4. The van der Waals surface area contributed by atoms with E-state index in [2.05, 4.69) is 15.6 Å². The van der Waals surface area contributed by atoms with Gasteiger partial charge in [0.15, 0.2) is 17.5 Å². The molecule has 0 saturated carbocycles. The maximum atomic E-state index is 13.8. The zero-order valence-electron chi connectivity index (χ0n) is 15.8. The second-order valence-corrected chi connectivity index (χ2v) is 5.80. The summed E-state index contributed by atoms with van der Waals surface area (Å²) in [5, 5.41) is 16.4. The SMILES string of the molecule is CCNC(=NCc1ccc(OC)c(OC)c1)NCC(O)c1ccccc1F. The zero-order valence-corrected chi connectivity index (χ0v) is 15.8. The first-order valence-corrected chi connectivity index (χ1v) is 8.74. The first kappa shape index (κ1) is 20.5. The number of aliphatic imine (C=N–C) groups is 1. The fourth-order valence-corrected chi connectivity index (χ4v) is 2.54. The number of guanidine groups is 1. The van der Waals surface area contributed by atoms with Crippen LogP contribution in [0.2, 0.25) is 0 Å². The third-order valence-corrected chi connectivity index (χ3v) is 3.94. The number of hydrogen-bond acceptors (Lipinski definition) is 4. The maximum Gasteiger partial charge on any atom is 0.191 e. The summed E-state index contributed by atoms with van der Waals surface area (Å²) >= 11 is 0. The average molecular weight is 375 g/mol. The average Bonchev–Trinajstić information content (AvgIpc) is 2.69. The number of nitrogens with one attached hydrogen (secondary N) is 2. The Bertz CT molecular complexity index is 768. The largest absolute Gasteiger partial charge is 0.493 e. The van der Waals surface area contributed by atoms with E-state index in [0.29, 0.717) is 30.5 Å². The molecule has 6 nitrogen and oxygen atoms in total. The van der Waals surface area contributed by atoms with E-state index < -0.39 is 11.9 Å². The van der Waals surface area contributed by atoms with E-state index in [9.17, 15) is 9.50 Å². The fourth-order valence-electron chi connectivity index (χ4n) is 2.54. The van der Waals surface area contributed by atoms with E-state index in [1.54, 1.807) is 32.4 Å². The number of halogens is 1. The highest BCUT2D eigenvalue weighted by molar-refractivity contribution is 5.79. The molecular weight excluding hydrogens is 349 g/mol. The zero-order chi connectivity index (χ0) is 19.6. The highest BCUT2D eigenvalue weighted by atomic mass is 19.1. The van der Waals surface area contributed by atoms with Crippen LogP contribution in [-0.4, -0.2) is 38.4 Å². The van der Waals surface area contributed by atoms with Crippen molar-refractivity contribution in [2.24, 2.45) is 4.99 Å². The van der Waals surface area contributed by atoms with Crippen molar-refractivity contribution < 1.29 is 19.0 Å². The summed E-state index contributed by atoms with van der Waals surface area (Å²) in [4.78, 5) is 4.50. The fraction of sp³-hybridized carbons (Fsp3) is 0.350. The van der Waals surface area contributed by atoms with Crippen LogP contribution in [0.1, 0.15) is 24.2 Å². The quantitative estimate of drug-likeness (QED) is 0.489. The summed E-state index contributed by atoms with van der Waals surface area (Å²) in [5.74, 6) is 1.39. The van der Waals surface area contributed by atoms with Crippen LogP contribution in [0.15, 0.2) is 47.5 Å². The molecule has 2 aromatic rings. The van der Waals surface area contributed by atoms with E-state index in [1.807, 2.05) is 25.1 Å². The molecule has 0 aromatic heterocycles. The third-order valence-electron chi connectivity index (χ3n) is 3.94. The van der Waals surface area contributed by atoms with Crippen molar-refractivity contribution in [3.63, 3.8) is 0 Å². The molecule has 3 N–H and O–H groups in total. The summed E-state index contributed by atoms with van der Waals surface area (Å²) in [6.07, 6.45) is -0.976. The minimum absolute atomic E-state index is 0.138. The summed E-state index contributed by atoms with van der Waals surface area (Å²) in [5.41, 5.74) is 1.19. The van der Waals surface area contributed by atoms with Gasteiger partial charge in [-0.05, 0) is 30.7 Å². The molecule has 0 saturated heterocycles. The van der Waals surface area contributed by atoms with Gasteiger partial charge in [-0.1, -0.05) is 24.3 Å². The van der Waals surface area contributed by atoms with Crippen molar-refractivity contribution in [3.8, 4) is 11.5 Å². The standard InChI is InChI=1S/C20H26FN3O3/c1-4-22-20(24-13-17(25)15-7-5-6-8-16(15)21)23-12-14-9-10-18(26-2)19(11-14)27-3/h5-11,17,25H,4,12-13H2,1-3H3,(H2,22,23,24). The highest BCUT2D eigenvalue weighted by Crippen LogP contribution is 2.27. The number of nitrogens with zero attached hydrogens (tertiary/aromatic N) is 1. The minimum Gasteiger partial charge on any atom is -0.493 e. The predicted octanol–water partition coefficient (Wildman–Crippen LogP) is 2.63. The Morgan fingerprint density at radius 3 is 2.52 bits per heavy atom. The van der Waals surface area contributed by atoms with Crippen LogP contribution in [0.3, 0.4) is 0 Å². The number of ether oxygens (including phenoxy) is 2. The molecule has 0 radical (unpaired) electrons. The normalized spacial score (nSPS) is 12.4. The highest BCUT2D eigenvalue weighted by Gasteiger charge is 2.12. The van der Waals surface area contributed by atoms with Gasteiger partial charge in [0.2, 0.25) is 0 Å². The number of aliphatic hydroxyl groups excluding tert-OH is 1. The van der Waals surface area contributed by atoms with Crippen LogP contribution in [0.25, 0.3) is 0 Å². The van der Waals surface area contributed by atoms with E-state index in [-0.39, 0.29) is 12.1 Å². The molecule has 7 heteroatoms. The summed E-state index contributed by atoms with van der Waals surface area (Å²) in [6.45, 7) is 3.15. The lowest BCUT2D eigenvalue weighted by molar-refractivity contribution is 0.176. The van der Waals surface area contributed by atoms with Gasteiger partial charge in [-0.25, -0.2) is 9.38 Å². The van der Waals surface area contributed by atoms with Gasteiger partial charge in [0.1, 0.15) is 5.82 Å². The number of aliphatic hydroxyl groups is 1. The molecule has 0 aliphatic heterocycles. The Labute approximate surface area is 159 Å². The van der Waals surface area contributed by atoms with Crippen LogP contribution >= 0.6 is 0 Å². The van der Waals surface area contributed by atoms with Crippen LogP contribution in [0.4, 0.5) is 4.39 Å². The number of hydrogen-bond donors (Lipinski definition) is 3. The van der Waals surface area contributed by atoms with Gasteiger partial charge in [-0.15, -0.1) is 0 Å². The van der Waals surface area contributed by atoms with Crippen molar-refractivity contribution in [2.75, 3.05) is 27.3 Å². The van der Waals surface area contributed by atoms with Gasteiger partial charge in [-0.2, -0.15) is 0 Å². The van der Waals surface area contributed by atoms with Gasteiger partial charge in [-0.3, -0.25) is 0 Å². The third kappa shape index (κ3) is 5.86. The molecule has 2 aromatic carbocycles. The smallest absolute Gasteiger partial charge is 0.191 e. The topological polar surface area (TPSA) is 75.1 Å². The Morgan fingerprint density at radius 1 is 1.11 bits per heavy atom. The van der Waals surface area contributed by atoms with Crippen molar-refractivity contribution >= 4 is 5.96 Å². The van der Waals surface area contributed by atoms with Gasteiger partial charge in [0.25, 0.3) is 0 Å². The number of rotatable bonds is 8. The van der Waals surface area contributed by atoms with E-state index in [4.69, 9.17) is 9.47 Å². The summed E-state index contributed by atoms with van der Waals surface area (Å²) in [6, 6.07) is 11.8. The van der Waals surface area contributed by atoms with Gasteiger partial charge in [0, 0.05) is 18.7 Å². The van der Waals surface area contributed by atoms with Crippen LogP contribution < -0.4 is 20.1 Å². The lowest BCUT2D eigenvalue weighted by Crippen LogP contribution is -2.39. The van der Waals surface area contributed by atoms with Crippen molar-refractivity contribution in [1.82, 2.24) is 10.6 Å². The molecule has 0 aliphatic carbocycles. The molecule has 0 fully saturated rings. The predicted molar refractivity (Wildman–Crippen MR) is 104 cm³/mol. The minimum atomic E-state index is -0.976. The Balaban J connectivity index is 2.03. The molecular formula is C20H26FN3O3. The first-order valence-electron chi connectivity index (χ1n) is 8.74. The molecule has 1 atom stereocenters. The molecule has 0 amide bonds. The Hall–Kier alpha value is -2.80. The van der Waals surface area contributed by atoms with E-state index in [0.717, 1.165) is 5.56 Å². The number of methoxy groups -OCH3 is 2. The van der Waals surface area contributed by atoms with Gasteiger partial charge in [0.05, 0.1) is 26.9 Å². The van der Waals surface area contributed by atoms with Crippen molar-refractivity contribution in [1.29, 1.82) is 0 Å². The monoisotopic (exact) mass is 375 g/mol. The second-order valence-electron chi connectivity index (χ2n) is 5.80. The molecule has 2 rings (SSSR count). The lowest BCUT2D eigenvalue weighted by atomic mass is 10.1. The summed E-state index contributed by atoms with van der Waals surface area (Å²) < 4.78 is 24.3. The van der Waals surface area contributed by atoms with E-state index in [1.165, 1.54) is 6.07 Å². The Kier molecular flexibility index (Phi) is 7.88. The molecule has 27 heavy (non-hydrogen) atoms. The number of benzene rings is 2. The van der Waals surface area contributed by atoms with Crippen LogP contribution in [0.5, 0.6) is 11.5 Å². The van der Waals surface area contributed by atoms with Gasteiger partial charge >= 0.3 is 0 Å². The van der Waals surface area contributed by atoms with Gasteiger partial charge < -0.3 is 25.2 Å². The molecule has 0 aliphatic rings. The molecule has 0 bridgehead atoms. The van der Waals surface area contributed by atoms with E-state index >= 15 is 0 Å². The first-order chi connectivity index (χ1) is 13.1. The van der Waals surface area contributed by atoms with Crippen LogP contribution in [0, 0.1) is 5.82 Å². The van der Waals surface area contributed by atoms with Crippen molar-refractivity contribution in [2.45, 2.75) is 19.6 Å². The summed E-state index contributed by atoms with van der Waals surface area (Å²) in [7, 11) is 3.17. The maximum absolute atomic E-state index is 13.8. The Morgan fingerprint density at radius 2 is 1.85 bits per heavy atom. The lowest BCUT2D eigenvalue weighted by Gasteiger charge is -2.16. The van der Waals surface area contributed by atoms with Crippen LogP contribution in [-0.2, 0) is 6.54 Å². The molecule has 1 unspecified atom stereocenters.